The van der Waals surface area contributed by atoms with Gasteiger partial charge in [-0.2, -0.15) is 0 Å². The van der Waals surface area contributed by atoms with E-state index in [1.165, 1.54) is 5.56 Å². The predicted molar refractivity (Wildman–Crippen MR) is 88.1 cm³/mol. The van der Waals surface area contributed by atoms with E-state index < -0.39 is 5.60 Å². The highest BCUT2D eigenvalue weighted by Gasteiger charge is 2.36. The van der Waals surface area contributed by atoms with E-state index in [4.69, 9.17) is 16.3 Å². The van der Waals surface area contributed by atoms with Gasteiger partial charge < -0.3 is 9.84 Å². The summed E-state index contributed by atoms with van der Waals surface area (Å²) in [4.78, 5) is 0. The number of benzene rings is 2. The summed E-state index contributed by atoms with van der Waals surface area (Å²) in [5.41, 5.74) is 2.01. The smallest absolute Gasteiger partial charge is 0.137 e. The molecule has 1 N–H and O–H groups in total. The van der Waals surface area contributed by atoms with E-state index in [1.54, 1.807) is 13.2 Å². The zero-order chi connectivity index (χ0) is 15.0. The van der Waals surface area contributed by atoms with E-state index >= 15 is 0 Å². The van der Waals surface area contributed by atoms with Crippen LogP contribution in [0, 0.1) is 0 Å². The maximum Gasteiger partial charge on any atom is 0.137 e. The summed E-state index contributed by atoms with van der Waals surface area (Å²) in [6.07, 6.45) is 2.64. The van der Waals surface area contributed by atoms with Crippen molar-refractivity contribution in [1.29, 1.82) is 0 Å². The molecule has 21 heavy (non-hydrogen) atoms. The largest absolute Gasteiger partial charge is 0.495 e. The minimum atomic E-state index is -0.980. The van der Waals surface area contributed by atoms with E-state index in [-0.39, 0.29) is 0 Å². The number of methoxy groups -OCH3 is 1. The van der Waals surface area contributed by atoms with E-state index in [2.05, 4.69) is 22.0 Å². The average Bonchev–Trinajstić information content (AvgIpc) is 2.47. The fourth-order valence-corrected chi connectivity index (χ4v) is 3.66. The highest BCUT2D eigenvalue weighted by atomic mass is 79.9. The molecule has 0 saturated carbocycles. The maximum atomic E-state index is 11.3. The molecule has 0 amide bonds. The van der Waals surface area contributed by atoms with Crippen LogP contribution in [0.25, 0.3) is 0 Å². The van der Waals surface area contributed by atoms with Gasteiger partial charge >= 0.3 is 0 Å². The Morgan fingerprint density at radius 2 is 2.05 bits per heavy atom. The van der Waals surface area contributed by atoms with Crippen LogP contribution in [-0.4, -0.2) is 12.2 Å². The molecule has 1 atom stereocenters. The van der Waals surface area contributed by atoms with Gasteiger partial charge in [-0.05, 0) is 60.2 Å². The van der Waals surface area contributed by atoms with Crippen molar-refractivity contribution in [3.8, 4) is 5.75 Å². The second-order valence-corrected chi connectivity index (χ2v) is 6.69. The predicted octanol–water partition coefficient (Wildman–Crippen LogP) is 4.68. The van der Waals surface area contributed by atoms with Crippen molar-refractivity contribution < 1.29 is 9.84 Å². The third-order valence-electron chi connectivity index (χ3n) is 4.13. The SMILES string of the molecule is COc1cc(C2(O)CCCc3cc(Br)ccc32)ccc1Cl. The molecule has 0 bridgehead atoms. The van der Waals surface area contributed by atoms with Gasteiger partial charge in [0.05, 0.1) is 12.1 Å². The number of aliphatic hydroxyl groups is 1. The van der Waals surface area contributed by atoms with Crippen LogP contribution in [0.15, 0.2) is 40.9 Å². The lowest BCUT2D eigenvalue weighted by atomic mass is 9.75. The Morgan fingerprint density at radius 3 is 2.81 bits per heavy atom. The molecule has 0 fully saturated rings. The quantitative estimate of drug-likeness (QED) is 0.835. The molecule has 0 spiro atoms. The Morgan fingerprint density at radius 1 is 1.24 bits per heavy atom. The van der Waals surface area contributed by atoms with Crippen molar-refractivity contribution in [2.45, 2.75) is 24.9 Å². The fraction of sp³-hybridized carbons (Fsp3) is 0.294. The Labute approximate surface area is 137 Å². The molecule has 1 unspecified atom stereocenters. The monoisotopic (exact) mass is 366 g/mol. The van der Waals surface area contributed by atoms with E-state index in [0.717, 1.165) is 28.4 Å². The van der Waals surface area contributed by atoms with Crippen molar-refractivity contribution in [2.24, 2.45) is 0 Å². The van der Waals surface area contributed by atoms with Gasteiger partial charge in [-0.25, -0.2) is 0 Å². The number of halogens is 2. The van der Waals surface area contributed by atoms with Crippen molar-refractivity contribution >= 4 is 27.5 Å². The van der Waals surface area contributed by atoms with Crippen LogP contribution < -0.4 is 4.74 Å². The van der Waals surface area contributed by atoms with Gasteiger partial charge in [0.25, 0.3) is 0 Å². The maximum absolute atomic E-state index is 11.3. The van der Waals surface area contributed by atoms with Gasteiger partial charge in [0.15, 0.2) is 0 Å². The lowest BCUT2D eigenvalue weighted by Gasteiger charge is -2.35. The first-order valence-electron chi connectivity index (χ1n) is 6.90. The van der Waals surface area contributed by atoms with Gasteiger partial charge in [-0.1, -0.05) is 39.7 Å². The molecular formula is C17H16BrClO2. The van der Waals surface area contributed by atoms with Crippen molar-refractivity contribution in [3.63, 3.8) is 0 Å². The summed E-state index contributed by atoms with van der Waals surface area (Å²) in [5, 5.41) is 11.8. The highest BCUT2D eigenvalue weighted by molar-refractivity contribution is 9.10. The third kappa shape index (κ3) is 2.59. The average molecular weight is 368 g/mol. The molecule has 2 aromatic carbocycles. The van der Waals surface area contributed by atoms with Gasteiger partial charge in [0.1, 0.15) is 11.4 Å². The van der Waals surface area contributed by atoms with Gasteiger partial charge in [-0.15, -0.1) is 0 Å². The van der Waals surface area contributed by atoms with Crippen LogP contribution >= 0.6 is 27.5 Å². The van der Waals surface area contributed by atoms with Crippen molar-refractivity contribution in [2.75, 3.05) is 7.11 Å². The minimum Gasteiger partial charge on any atom is -0.495 e. The lowest BCUT2D eigenvalue weighted by Crippen LogP contribution is -2.31. The van der Waals surface area contributed by atoms with Gasteiger partial charge in [0.2, 0.25) is 0 Å². The molecular weight excluding hydrogens is 352 g/mol. The molecule has 0 saturated heterocycles. The second kappa shape index (κ2) is 5.64. The lowest BCUT2D eigenvalue weighted by molar-refractivity contribution is 0.0613. The van der Waals surface area contributed by atoms with E-state index in [0.29, 0.717) is 17.2 Å². The first-order valence-corrected chi connectivity index (χ1v) is 8.07. The molecule has 0 heterocycles. The van der Waals surface area contributed by atoms with Gasteiger partial charge in [-0.3, -0.25) is 0 Å². The normalized spacial score (nSPS) is 21.0. The molecule has 0 aliphatic heterocycles. The fourth-order valence-electron chi connectivity index (χ4n) is 3.06. The molecule has 0 aromatic heterocycles. The molecule has 1 aliphatic rings. The number of rotatable bonds is 2. The Bertz CT molecular complexity index is 686. The molecule has 2 nitrogen and oxygen atoms in total. The first kappa shape index (κ1) is 14.9. The molecule has 4 heteroatoms. The number of fused-ring (bicyclic) bond motifs is 1. The van der Waals surface area contributed by atoms with E-state index in [1.807, 2.05) is 24.3 Å². The Hall–Kier alpha value is -1.03. The number of hydrogen-bond donors (Lipinski definition) is 1. The summed E-state index contributed by atoms with van der Waals surface area (Å²) in [5.74, 6) is 0.590. The zero-order valence-electron chi connectivity index (χ0n) is 11.7. The number of aryl methyl sites for hydroxylation is 1. The molecule has 110 valence electrons. The summed E-state index contributed by atoms with van der Waals surface area (Å²) in [6.45, 7) is 0. The third-order valence-corrected chi connectivity index (χ3v) is 4.93. The van der Waals surface area contributed by atoms with Crippen molar-refractivity contribution in [3.05, 3.63) is 62.6 Å². The minimum absolute atomic E-state index is 0.552. The standard InChI is InChI=1S/C17H16BrClO2/c1-21-16-10-12(4-7-15(16)19)17(20)8-2-3-11-9-13(18)5-6-14(11)17/h4-7,9-10,20H,2-3,8H2,1H3. The van der Waals surface area contributed by atoms with Crippen LogP contribution in [0.3, 0.4) is 0 Å². The molecule has 3 rings (SSSR count). The summed E-state index contributed by atoms with van der Waals surface area (Å²) < 4.78 is 6.32. The van der Waals surface area contributed by atoms with Crippen LogP contribution in [0.5, 0.6) is 5.75 Å². The molecule has 2 aromatic rings. The number of hydrogen-bond acceptors (Lipinski definition) is 2. The zero-order valence-corrected chi connectivity index (χ0v) is 14.0. The van der Waals surface area contributed by atoms with Crippen LogP contribution in [-0.2, 0) is 12.0 Å². The Balaban J connectivity index is 2.14. The molecule has 0 radical (unpaired) electrons. The first-order chi connectivity index (χ1) is 10.0. The van der Waals surface area contributed by atoms with Crippen molar-refractivity contribution in [1.82, 2.24) is 0 Å². The number of ether oxygens (including phenoxy) is 1. The van der Waals surface area contributed by atoms with E-state index in [9.17, 15) is 5.11 Å². The van der Waals surface area contributed by atoms with Crippen LogP contribution in [0.1, 0.15) is 29.5 Å². The topological polar surface area (TPSA) is 29.5 Å². The molecule has 1 aliphatic carbocycles. The van der Waals surface area contributed by atoms with Crippen LogP contribution in [0.2, 0.25) is 5.02 Å². The summed E-state index contributed by atoms with van der Waals surface area (Å²) in [7, 11) is 1.58. The Kier molecular flexibility index (Phi) is 4.00. The summed E-state index contributed by atoms with van der Waals surface area (Å²) >= 11 is 9.59. The van der Waals surface area contributed by atoms with Crippen LogP contribution in [0.4, 0.5) is 0 Å². The second-order valence-electron chi connectivity index (χ2n) is 5.36. The summed E-state index contributed by atoms with van der Waals surface area (Å²) in [6, 6.07) is 11.6. The van der Waals surface area contributed by atoms with Gasteiger partial charge in [0, 0.05) is 4.47 Å². The highest BCUT2D eigenvalue weighted by Crippen LogP contribution is 2.43.